The highest BCUT2D eigenvalue weighted by Gasteiger charge is 2.09. The standard InChI is InChI=1S/C18H18ClN9/c1-2-15-23-17(12-4-3-5-13(19)10-12)25-18(24-15)22-14-8-6-11(7-9-14)16(20)26-28-27-21/h3-10H,2H2,1H3,(H2,21,28)(H2,20,26,27)(H,22,23,24,25)/p+1. The SMILES string of the molecule is CCc1nc(Nc2ccc(C(=N)N=N[NH2+]N)cc2)nc(-c2cccc(Cl)c2)n1. The number of nitrogens with one attached hydrogen (secondary N) is 2. The molecule has 0 atom stereocenters. The van der Waals surface area contributed by atoms with Gasteiger partial charge in [0.1, 0.15) is 5.82 Å². The van der Waals surface area contributed by atoms with Gasteiger partial charge in [0.2, 0.25) is 5.95 Å². The number of quaternary nitrogens is 1. The molecular weight excluding hydrogens is 378 g/mol. The zero-order valence-electron chi connectivity index (χ0n) is 15.1. The number of hydrogen-bond acceptors (Lipinski definition) is 7. The predicted octanol–water partition coefficient (Wildman–Crippen LogP) is 2.63. The quantitative estimate of drug-likeness (QED) is 0.166. The summed E-state index contributed by atoms with van der Waals surface area (Å²) in [4.78, 5) is 13.4. The molecule has 0 aliphatic rings. The van der Waals surface area contributed by atoms with Gasteiger partial charge in [0.15, 0.2) is 11.7 Å². The average molecular weight is 397 g/mol. The van der Waals surface area contributed by atoms with Crippen molar-refractivity contribution < 1.29 is 5.53 Å². The third kappa shape index (κ3) is 4.92. The summed E-state index contributed by atoms with van der Waals surface area (Å²) >= 11 is 6.08. The van der Waals surface area contributed by atoms with Crippen molar-refractivity contribution in [3.63, 3.8) is 0 Å². The lowest BCUT2D eigenvalue weighted by atomic mass is 10.2. The van der Waals surface area contributed by atoms with Gasteiger partial charge in [0.25, 0.3) is 0 Å². The Kier molecular flexibility index (Phi) is 6.33. The van der Waals surface area contributed by atoms with Crippen molar-refractivity contribution >= 4 is 29.1 Å². The van der Waals surface area contributed by atoms with Crippen LogP contribution in [0.2, 0.25) is 5.02 Å². The Labute approximate surface area is 166 Å². The zero-order valence-corrected chi connectivity index (χ0v) is 15.9. The van der Waals surface area contributed by atoms with Crippen LogP contribution in [0.15, 0.2) is 58.9 Å². The molecule has 0 saturated heterocycles. The summed E-state index contributed by atoms with van der Waals surface area (Å²) in [5, 5.41) is 18.8. The number of nitrogens with two attached hydrogens (primary N) is 2. The molecule has 10 heteroatoms. The third-order valence-corrected chi connectivity index (χ3v) is 3.95. The van der Waals surface area contributed by atoms with E-state index < -0.39 is 0 Å². The van der Waals surface area contributed by atoms with Crippen molar-refractivity contribution in [1.29, 1.82) is 5.41 Å². The van der Waals surface area contributed by atoms with E-state index in [1.807, 2.05) is 25.1 Å². The first-order valence-corrected chi connectivity index (χ1v) is 8.88. The van der Waals surface area contributed by atoms with E-state index in [9.17, 15) is 0 Å². The Hall–Kier alpha value is -3.27. The minimum absolute atomic E-state index is 0.0184. The fourth-order valence-corrected chi connectivity index (χ4v) is 2.57. The van der Waals surface area contributed by atoms with Gasteiger partial charge in [-0.2, -0.15) is 15.8 Å². The molecule has 0 radical (unpaired) electrons. The van der Waals surface area contributed by atoms with E-state index in [1.165, 1.54) is 0 Å². The molecule has 0 spiro atoms. The van der Waals surface area contributed by atoms with Crippen LogP contribution in [0.1, 0.15) is 18.3 Å². The molecule has 3 rings (SSSR count). The Bertz CT molecular complexity index is 1000. The van der Waals surface area contributed by atoms with Gasteiger partial charge in [-0.25, -0.2) is 4.98 Å². The summed E-state index contributed by atoms with van der Waals surface area (Å²) < 4.78 is 0. The van der Waals surface area contributed by atoms with Crippen LogP contribution in [-0.4, -0.2) is 20.8 Å². The minimum Gasteiger partial charge on any atom is -0.324 e. The number of benzene rings is 2. The first-order valence-electron chi connectivity index (χ1n) is 8.50. The second-order valence-corrected chi connectivity index (χ2v) is 6.11. The van der Waals surface area contributed by atoms with Gasteiger partial charge in [-0.3, -0.25) is 5.41 Å². The van der Waals surface area contributed by atoms with Gasteiger partial charge >= 0.3 is 0 Å². The largest absolute Gasteiger partial charge is 0.324 e. The molecule has 9 nitrogen and oxygen atoms in total. The molecule has 0 saturated carbocycles. The maximum Gasteiger partial charge on any atom is 0.231 e. The number of nitrogens with zero attached hydrogens (tertiary/aromatic N) is 5. The number of amidine groups is 1. The molecule has 6 N–H and O–H groups in total. The normalized spacial score (nSPS) is 11.0. The predicted molar refractivity (Wildman–Crippen MR) is 107 cm³/mol. The van der Waals surface area contributed by atoms with Gasteiger partial charge in [0.05, 0.1) is 0 Å². The van der Waals surface area contributed by atoms with E-state index in [0.29, 0.717) is 34.6 Å². The van der Waals surface area contributed by atoms with Crippen LogP contribution >= 0.6 is 11.6 Å². The van der Waals surface area contributed by atoms with E-state index in [1.54, 1.807) is 30.3 Å². The maximum absolute atomic E-state index is 7.82. The molecule has 28 heavy (non-hydrogen) atoms. The number of aromatic nitrogens is 3. The molecule has 0 fully saturated rings. The highest BCUT2D eigenvalue weighted by atomic mass is 35.5. The van der Waals surface area contributed by atoms with Gasteiger partial charge in [-0.05, 0) is 36.4 Å². The molecule has 0 aliphatic carbocycles. The van der Waals surface area contributed by atoms with Gasteiger partial charge in [-0.1, -0.05) is 35.8 Å². The van der Waals surface area contributed by atoms with Crippen LogP contribution in [-0.2, 0) is 6.42 Å². The summed E-state index contributed by atoms with van der Waals surface area (Å²) in [6.45, 7) is 1.98. The zero-order chi connectivity index (χ0) is 19.9. The summed E-state index contributed by atoms with van der Waals surface area (Å²) in [7, 11) is 0. The molecule has 142 valence electrons. The first kappa shape index (κ1) is 19.5. The third-order valence-electron chi connectivity index (χ3n) is 3.72. The van der Waals surface area contributed by atoms with Crippen LogP contribution in [0.5, 0.6) is 0 Å². The molecule has 0 amide bonds. The Morgan fingerprint density at radius 1 is 1.18 bits per heavy atom. The number of rotatable bonds is 6. The lowest BCUT2D eigenvalue weighted by molar-refractivity contribution is -0.680. The summed E-state index contributed by atoms with van der Waals surface area (Å²) in [5.41, 5.74) is 3.23. The fourth-order valence-electron chi connectivity index (χ4n) is 2.38. The lowest BCUT2D eigenvalue weighted by Gasteiger charge is -2.09. The van der Waals surface area contributed by atoms with Crippen molar-refractivity contribution in [3.8, 4) is 11.4 Å². The highest BCUT2D eigenvalue weighted by molar-refractivity contribution is 6.30. The molecule has 0 bridgehead atoms. The van der Waals surface area contributed by atoms with Crippen molar-refractivity contribution in [3.05, 3.63) is 64.9 Å². The Morgan fingerprint density at radius 2 is 1.96 bits per heavy atom. The maximum atomic E-state index is 7.82. The van der Waals surface area contributed by atoms with E-state index in [-0.39, 0.29) is 5.84 Å². The number of anilines is 2. The lowest BCUT2D eigenvalue weighted by Crippen LogP contribution is -2.85. The van der Waals surface area contributed by atoms with E-state index in [2.05, 4.69) is 30.6 Å². The Balaban J connectivity index is 1.85. The number of aryl methyl sites for hydroxylation is 1. The van der Waals surface area contributed by atoms with E-state index in [4.69, 9.17) is 22.9 Å². The molecule has 3 aromatic rings. The summed E-state index contributed by atoms with van der Waals surface area (Å²) in [6, 6.07) is 14.5. The second kappa shape index (κ2) is 9.09. The number of halogens is 1. The monoisotopic (exact) mass is 396 g/mol. The first-order chi connectivity index (χ1) is 13.6. The topological polar surface area (TPSA) is 142 Å². The minimum atomic E-state index is 0.0184. The smallest absolute Gasteiger partial charge is 0.231 e. The van der Waals surface area contributed by atoms with Crippen molar-refractivity contribution in [1.82, 2.24) is 15.0 Å². The van der Waals surface area contributed by atoms with Crippen LogP contribution in [0.3, 0.4) is 0 Å². The van der Waals surface area contributed by atoms with Crippen molar-refractivity contribution in [2.24, 2.45) is 16.2 Å². The molecule has 0 unspecified atom stereocenters. The van der Waals surface area contributed by atoms with E-state index >= 15 is 0 Å². The van der Waals surface area contributed by atoms with Crippen LogP contribution in [0, 0.1) is 5.41 Å². The molecule has 0 aliphatic heterocycles. The van der Waals surface area contributed by atoms with Crippen molar-refractivity contribution in [2.75, 3.05) is 5.32 Å². The van der Waals surface area contributed by atoms with Gasteiger partial charge < -0.3 is 5.32 Å². The molecular formula is C18H19ClN9+. The number of hydrogen-bond donors (Lipinski definition) is 4. The van der Waals surface area contributed by atoms with Crippen LogP contribution in [0.25, 0.3) is 11.4 Å². The van der Waals surface area contributed by atoms with Crippen LogP contribution in [0.4, 0.5) is 11.6 Å². The fraction of sp³-hybridized carbons (Fsp3) is 0.111. The molecule has 1 aromatic heterocycles. The van der Waals surface area contributed by atoms with Gasteiger partial charge in [-0.15, -0.1) is 5.53 Å². The summed E-state index contributed by atoms with van der Waals surface area (Å²) in [6.07, 6.45) is 0.671. The molecule has 2 aromatic carbocycles. The Morgan fingerprint density at radius 3 is 2.64 bits per heavy atom. The van der Waals surface area contributed by atoms with Crippen LogP contribution < -0.4 is 16.7 Å². The average Bonchev–Trinajstić information content (AvgIpc) is 2.72. The van der Waals surface area contributed by atoms with E-state index in [0.717, 1.165) is 16.8 Å². The molecule has 1 heterocycles. The summed E-state index contributed by atoms with van der Waals surface area (Å²) in [5.74, 6) is 6.80. The van der Waals surface area contributed by atoms with Crippen molar-refractivity contribution in [2.45, 2.75) is 13.3 Å². The highest BCUT2D eigenvalue weighted by Crippen LogP contribution is 2.22. The second-order valence-electron chi connectivity index (χ2n) is 5.68. The van der Waals surface area contributed by atoms with Gasteiger partial charge in [0, 0.05) is 33.5 Å².